The molecule has 1 aromatic rings. The first-order valence-corrected chi connectivity index (χ1v) is 7.14. The van der Waals surface area contributed by atoms with E-state index in [-0.39, 0.29) is 18.3 Å². The third kappa shape index (κ3) is 5.10. The summed E-state index contributed by atoms with van der Waals surface area (Å²) in [6, 6.07) is 3.31. The van der Waals surface area contributed by atoms with E-state index >= 15 is 0 Å². The molecule has 2 rings (SSSR count). The minimum Gasteiger partial charge on any atom is -0.320 e. The average molecular weight is 298 g/mol. The Balaban J connectivity index is 0.00000200. The molecule has 1 aliphatic rings. The van der Waals surface area contributed by atoms with Crippen LogP contribution < -0.4 is 11.1 Å². The van der Waals surface area contributed by atoms with Crippen molar-refractivity contribution in [2.45, 2.75) is 51.5 Å². The zero-order chi connectivity index (χ0) is 13.7. The molecule has 1 fully saturated rings. The largest absolute Gasteiger partial charge is 0.320 e. The number of aromatic nitrogens is 1. The van der Waals surface area contributed by atoms with Gasteiger partial charge < -0.3 is 11.1 Å². The molecule has 20 heavy (non-hydrogen) atoms. The van der Waals surface area contributed by atoms with E-state index < -0.39 is 6.04 Å². The number of pyridine rings is 1. The number of rotatable bonds is 4. The van der Waals surface area contributed by atoms with Crippen molar-refractivity contribution in [3.63, 3.8) is 0 Å². The fourth-order valence-corrected chi connectivity index (χ4v) is 2.65. The molecular formula is C15H24ClN3O. The van der Waals surface area contributed by atoms with Crippen molar-refractivity contribution in [1.29, 1.82) is 0 Å². The van der Waals surface area contributed by atoms with Crippen molar-refractivity contribution in [3.05, 3.63) is 23.9 Å². The fourth-order valence-electron chi connectivity index (χ4n) is 2.65. The van der Waals surface area contributed by atoms with Gasteiger partial charge in [-0.2, -0.15) is 0 Å². The maximum absolute atomic E-state index is 12.0. The highest BCUT2D eigenvalue weighted by Gasteiger charge is 2.21. The normalized spacial score (nSPS) is 17.1. The predicted molar refractivity (Wildman–Crippen MR) is 84.0 cm³/mol. The van der Waals surface area contributed by atoms with Crippen LogP contribution in [0.25, 0.3) is 0 Å². The van der Waals surface area contributed by atoms with E-state index in [2.05, 4.69) is 10.3 Å². The maximum Gasteiger partial charge on any atom is 0.242 e. The molecule has 4 nitrogen and oxygen atoms in total. The molecule has 3 N–H and O–H groups in total. The second kappa shape index (κ2) is 8.22. The number of anilines is 1. The third-order valence-corrected chi connectivity index (χ3v) is 3.81. The zero-order valence-corrected chi connectivity index (χ0v) is 12.8. The number of nitrogens with zero attached hydrogens (tertiary/aromatic N) is 1. The molecule has 1 aromatic heterocycles. The molecule has 1 aliphatic carbocycles. The number of carbonyl (C=O) groups is 1. The summed E-state index contributed by atoms with van der Waals surface area (Å²) in [4.78, 5) is 16.2. The van der Waals surface area contributed by atoms with E-state index in [1.807, 2.05) is 13.0 Å². The number of aryl methyl sites for hydroxylation is 1. The first-order valence-electron chi connectivity index (χ1n) is 7.14. The summed E-state index contributed by atoms with van der Waals surface area (Å²) < 4.78 is 0. The highest BCUT2D eigenvalue weighted by Crippen LogP contribution is 2.27. The van der Waals surface area contributed by atoms with Crippen LogP contribution in [-0.4, -0.2) is 16.9 Å². The van der Waals surface area contributed by atoms with Crippen molar-refractivity contribution >= 4 is 24.1 Å². The molecule has 0 bridgehead atoms. The van der Waals surface area contributed by atoms with Gasteiger partial charge in [0.2, 0.25) is 5.91 Å². The van der Waals surface area contributed by atoms with E-state index in [0.717, 1.165) is 12.0 Å². The van der Waals surface area contributed by atoms with Gasteiger partial charge in [-0.25, -0.2) is 4.98 Å². The molecule has 0 saturated heterocycles. The van der Waals surface area contributed by atoms with Crippen LogP contribution in [0.2, 0.25) is 0 Å². The van der Waals surface area contributed by atoms with Crippen molar-refractivity contribution in [2.24, 2.45) is 11.7 Å². The van der Waals surface area contributed by atoms with Crippen LogP contribution in [0.1, 0.15) is 44.1 Å². The lowest BCUT2D eigenvalue weighted by molar-refractivity contribution is -0.117. The van der Waals surface area contributed by atoms with Crippen molar-refractivity contribution in [3.8, 4) is 0 Å². The lowest BCUT2D eigenvalue weighted by Crippen LogP contribution is -2.37. The van der Waals surface area contributed by atoms with Crippen molar-refractivity contribution in [1.82, 2.24) is 4.98 Å². The smallest absolute Gasteiger partial charge is 0.242 e. The second-order valence-electron chi connectivity index (χ2n) is 5.56. The van der Waals surface area contributed by atoms with Crippen LogP contribution in [0.4, 0.5) is 5.82 Å². The third-order valence-electron chi connectivity index (χ3n) is 3.81. The Bertz CT molecular complexity index is 416. The number of nitrogens with two attached hydrogens (primary N) is 1. The molecule has 112 valence electrons. The minimum atomic E-state index is -0.425. The van der Waals surface area contributed by atoms with E-state index in [9.17, 15) is 4.79 Å². The lowest BCUT2D eigenvalue weighted by atomic mass is 9.85. The van der Waals surface area contributed by atoms with Crippen molar-refractivity contribution < 1.29 is 4.79 Å². The summed E-state index contributed by atoms with van der Waals surface area (Å²) in [6.45, 7) is 1.97. The van der Waals surface area contributed by atoms with Gasteiger partial charge in [0.1, 0.15) is 5.82 Å². The Labute approximate surface area is 126 Å². The van der Waals surface area contributed by atoms with Crippen LogP contribution >= 0.6 is 12.4 Å². The highest BCUT2D eigenvalue weighted by molar-refractivity contribution is 5.93. The van der Waals surface area contributed by atoms with Gasteiger partial charge in [-0.3, -0.25) is 4.79 Å². The quantitative estimate of drug-likeness (QED) is 0.897. The molecular weight excluding hydrogens is 274 g/mol. The summed E-state index contributed by atoms with van der Waals surface area (Å²) in [6.07, 6.45) is 8.83. The highest BCUT2D eigenvalue weighted by atomic mass is 35.5. The number of halogens is 1. The monoisotopic (exact) mass is 297 g/mol. The Morgan fingerprint density at radius 2 is 2.10 bits per heavy atom. The first kappa shape index (κ1) is 16.9. The molecule has 1 amide bonds. The summed E-state index contributed by atoms with van der Waals surface area (Å²) in [7, 11) is 0. The van der Waals surface area contributed by atoms with Crippen LogP contribution in [0.15, 0.2) is 18.3 Å². The van der Waals surface area contributed by atoms with Crippen LogP contribution in [0.5, 0.6) is 0 Å². The second-order valence-corrected chi connectivity index (χ2v) is 5.56. The molecule has 1 heterocycles. The molecule has 0 spiro atoms. The van der Waals surface area contributed by atoms with Crippen molar-refractivity contribution in [2.75, 3.05) is 5.32 Å². The van der Waals surface area contributed by atoms with Gasteiger partial charge in [0.25, 0.3) is 0 Å². The average Bonchev–Trinajstić information content (AvgIpc) is 2.42. The van der Waals surface area contributed by atoms with Crippen LogP contribution in [0.3, 0.4) is 0 Å². The molecule has 0 radical (unpaired) electrons. The predicted octanol–water partition coefficient (Wildman–Crippen LogP) is 3.05. The number of carbonyl (C=O) groups excluding carboxylic acids is 1. The number of hydrogen-bond donors (Lipinski definition) is 2. The topological polar surface area (TPSA) is 68.0 Å². The summed E-state index contributed by atoms with van der Waals surface area (Å²) in [5.74, 6) is 1.07. The van der Waals surface area contributed by atoms with E-state index in [4.69, 9.17) is 5.73 Å². The lowest BCUT2D eigenvalue weighted by Gasteiger charge is -2.24. The van der Waals surface area contributed by atoms with Gasteiger partial charge in [-0.15, -0.1) is 12.4 Å². The van der Waals surface area contributed by atoms with Crippen LogP contribution in [0, 0.1) is 12.8 Å². The molecule has 5 heteroatoms. The Morgan fingerprint density at radius 1 is 1.40 bits per heavy atom. The van der Waals surface area contributed by atoms with Gasteiger partial charge in [0, 0.05) is 6.20 Å². The van der Waals surface area contributed by atoms with E-state index in [1.165, 1.54) is 32.1 Å². The number of amides is 1. The Morgan fingerprint density at radius 3 is 2.70 bits per heavy atom. The SMILES string of the molecule is Cc1ccc(NC(=O)C(N)CC2CCCCC2)nc1.Cl. The van der Waals surface area contributed by atoms with Gasteiger partial charge >= 0.3 is 0 Å². The molecule has 1 atom stereocenters. The Kier molecular flexibility index (Phi) is 6.96. The maximum atomic E-state index is 12.0. The van der Waals surface area contributed by atoms with Gasteiger partial charge in [0.05, 0.1) is 6.04 Å². The Hall–Kier alpha value is -1.13. The zero-order valence-electron chi connectivity index (χ0n) is 12.0. The minimum absolute atomic E-state index is 0. The summed E-state index contributed by atoms with van der Waals surface area (Å²) in [5.41, 5.74) is 7.06. The number of nitrogens with one attached hydrogen (secondary N) is 1. The first-order chi connectivity index (χ1) is 9.15. The summed E-state index contributed by atoms with van der Waals surface area (Å²) in [5, 5.41) is 2.78. The number of hydrogen-bond acceptors (Lipinski definition) is 3. The van der Waals surface area contributed by atoms with Gasteiger partial charge in [0.15, 0.2) is 0 Å². The standard InChI is InChI=1S/C15H23N3O.ClH/c1-11-7-8-14(17-10-11)18-15(19)13(16)9-12-5-3-2-4-6-12;/h7-8,10,12-13H,2-6,9,16H2,1H3,(H,17,18,19);1H. The summed E-state index contributed by atoms with van der Waals surface area (Å²) >= 11 is 0. The molecule has 0 aromatic carbocycles. The van der Waals surface area contributed by atoms with Gasteiger partial charge in [-0.05, 0) is 30.9 Å². The molecule has 1 unspecified atom stereocenters. The molecule has 0 aliphatic heterocycles. The van der Waals surface area contributed by atoms with E-state index in [1.54, 1.807) is 12.3 Å². The van der Waals surface area contributed by atoms with Crippen LogP contribution in [-0.2, 0) is 4.79 Å². The van der Waals surface area contributed by atoms with E-state index in [0.29, 0.717) is 11.7 Å². The fraction of sp³-hybridized carbons (Fsp3) is 0.600. The van der Waals surface area contributed by atoms with Gasteiger partial charge in [-0.1, -0.05) is 38.2 Å². The molecule has 1 saturated carbocycles.